The number of aliphatic hydroxyl groups is 1. The maximum Gasteiger partial charge on any atom is 0.410 e. The van der Waals surface area contributed by atoms with Crippen LogP contribution in [-0.4, -0.2) is 122 Å². The third-order valence-electron chi connectivity index (χ3n) is 8.35. The van der Waals surface area contributed by atoms with E-state index in [9.17, 15) is 9.90 Å². The van der Waals surface area contributed by atoms with Gasteiger partial charge in [0.1, 0.15) is 17.8 Å². The summed E-state index contributed by atoms with van der Waals surface area (Å²) < 4.78 is 29.4. The number of carbonyl (C=O) groups is 1. The molecule has 1 aromatic carbocycles. The molecule has 1 amide bonds. The van der Waals surface area contributed by atoms with Gasteiger partial charge in [-0.3, -0.25) is 9.80 Å². The molecule has 0 radical (unpaired) electrons. The number of ether oxygens (including phenoxy) is 5. The molecule has 1 N–H and O–H groups in total. The molecule has 0 unspecified atom stereocenters. The first-order chi connectivity index (χ1) is 19.4. The van der Waals surface area contributed by atoms with E-state index in [1.54, 1.807) is 18.9 Å². The highest BCUT2D eigenvalue weighted by Gasteiger charge is 2.51. The number of likely N-dealkylation sites (N-methyl/N-ethyl adjacent to an activating group) is 1. The molecule has 3 heterocycles. The van der Waals surface area contributed by atoms with Crippen molar-refractivity contribution in [3.8, 4) is 11.5 Å². The topological polar surface area (TPSA) is 93.2 Å². The zero-order valence-electron chi connectivity index (χ0n) is 25.9. The van der Waals surface area contributed by atoms with Crippen LogP contribution >= 0.6 is 0 Å². The molecule has 1 spiro atoms. The maximum atomic E-state index is 12.8. The summed E-state index contributed by atoms with van der Waals surface area (Å²) in [5.41, 5.74) is -0.926. The second kappa shape index (κ2) is 13.5. The van der Waals surface area contributed by atoms with Crippen LogP contribution < -0.4 is 9.47 Å². The molecule has 1 aromatic rings. The van der Waals surface area contributed by atoms with E-state index in [-0.39, 0.29) is 18.2 Å². The molecule has 3 fully saturated rings. The van der Waals surface area contributed by atoms with Crippen LogP contribution in [0.4, 0.5) is 4.79 Å². The number of rotatable bonds is 9. The fraction of sp³-hybridized carbons (Fsp3) is 0.774. The van der Waals surface area contributed by atoms with Gasteiger partial charge in [-0.15, -0.1) is 0 Å². The van der Waals surface area contributed by atoms with Crippen molar-refractivity contribution in [2.24, 2.45) is 0 Å². The third-order valence-corrected chi connectivity index (χ3v) is 8.35. The van der Waals surface area contributed by atoms with Crippen LogP contribution in [0, 0.1) is 0 Å². The Morgan fingerprint density at radius 3 is 2.46 bits per heavy atom. The number of carbonyl (C=O) groups excluding carboxylic acids is 1. The summed E-state index contributed by atoms with van der Waals surface area (Å²) >= 11 is 0. The highest BCUT2D eigenvalue weighted by molar-refractivity contribution is 5.68. The van der Waals surface area contributed by atoms with Gasteiger partial charge in [-0.2, -0.15) is 0 Å². The second-order valence-electron chi connectivity index (χ2n) is 12.9. The van der Waals surface area contributed by atoms with Gasteiger partial charge in [0.2, 0.25) is 0 Å². The average Bonchev–Trinajstić information content (AvgIpc) is 2.92. The Kier molecular flexibility index (Phi) is 10.4. The van der Waals surface area contributed by atoms with E-state index < -0.39 is 17.3 Å². The molecule has 0 saturated carbocycles. The smallest absolute Gasteiger partial charge is 0.410 e. The van der Waals surface area contributed by atoms with Crippen LogP contribution in [0.5, 0.6) is 11.5 Å². The molecule has 232 valence electrons. The van der Waals surface area contributed by atoms with Gasteiger partial charge in [-0.1, -0.05) is 6.07 Å². The first kappa shape index (κ1) is 31.8. The molecule has 0 aromatic heterocycles. The van der Waals surface area contributed by atoms with E-state index in [4.69, 9.17) is 23.7 Å². The normalized spacial score (nSPS) is 25.6. The Morgan fingerprint density at radius 2 is 1.80 bits per heavy atom. The number of amides is 1. The zero-order chi connectivity index (χ0) is 29.7. The standard InChI is InChI=1S/C31H51N3O7/c1-7-38-26-20-24(8-9-25(26)39-19-16-33-14-17-37-18-15-33)22-34-12-10-31(11-13-34)21-27(30(5,36)23-40-31)32(6)28(35)41-29(2,3)4/h8-9,20,27,36H,7,10-19,21-23H2,1-6H3/t27-,30-/m0/s1. The Bertz CT molecular complexity index is 998. The molecule has 10 nitrogen and oxygen atoms in total. The number of likely N-dealkylation sites (tertiary alicyclic amines) is 1. The van der Waals surface area contributed by atoms with Crippen LogP contribution in [0.1, 0.15) is 59.4 Å². The number of hydrogen-bond donors (Lipinski definition) is 1. The summed E-state index contributed by atoms with van der Waals surface area (Å²) in [6.07, 6.45) is 1.83. The Hall–Kier alpha value is -2.11. The summed E-state index contributed by atoms with van der Waals surface area (Å²) in [6.45, 7) is 17.5. The SMILES string of the molecule is CCOc1cc(CN2CCC3(CC2)C[C@H](N(C)C(=O)OC(C)(C)C)[C@@](C)(O)CO3)ccc1OCCN1CCOCC1. The molecule has 0 bridgehead atoms. The predicted octanol–water partition coefficient (Wildman–Crippen LogP) is 3.54. The van der Waals surface area contributed by atoms with Gasteiger partial charge in [0.25, 0.3) is 0 Å². The van der Waals surface area contributed by atoms with Crippen molar-refractivity contribution < 1.29 is 33.6 Å². The minimum atomic E-state index is -1.14. The monoisotopic (exact) mass is 577 g/mol. The van der Waals surface area contributed by atoms with Gasteiger partial charge in [0, 0.05) is 46.3 Å². The number of nitrogens with zero attached hydrogens (tertiary/aromatic N) is 3. The van der Waals surface area contributed by atoms with E-state index in [0.717, 1.165) is 76.8 Å². The summed E-state index contributed by atoms with van der Waals surface area (Å²) in [7, 11) is 1.72. The summed E-state index contributed by atoms with van der Waals surface area (Å²) in [5.74, 6) is 1.57. The lowest BCUT2D eigenvalue weighted by molar-refractivity contribution is -0.206. The predicted molar refractivity (Wildman–Crippen MR) is 157 cm³/mol. The van der Waals surface area contributed by atoms with Crippen molar-refractivity contribution >= 4 is 6.09 Å². The van der Waals surface area contributed by atoms with Crippen molar-refractivity contribution in [1.29, 1.82) is 0 Å². The van der Waals surface area contributed by atoms with Crippen LogP contribution in [0.3, 0.4) is 0 Å². The molecule has 3 aliphatic heterocycles. The molecule has 0 aliphatic carbocycles. The highest BCUT2D eigenvalue weighted by Crippen LogP contribution is 2.41. The average molecular weight is 578 g/mol. The molecule has 10 heteroatoms. The Labute approximate surface area is 245 Å². The van der Waals surface area contributed by atoms with E-state index in [0.29, 0.717) is 19.6 Å². The minimum absolute atomic E-state index is 0.190. The molecule has 41 heavy (non-hydrogen) atoms. The fourth-order valence-electron chi connectivity index (χ4n) is 5.92. The van der Waals surface area contributed by atoms with Crippen LogP contribution in [0.25, 0.3) is 0 Å². The van der Waals surface area contributed by atoms with E-state index in [1.807, 2.05) is 33.8 Å². The van der Waals surface area contributed by atoms with Gasteiger partial charge in [-0.05, 0) is 71.6 Å². The molecule has 2 atom stereocenters. The Balaban J connectivity index is 1.32. The van der Waals surface area contributed by atoms with E-state index in [1.165, 1.54) is 5.56 Å². The lowest BCUT2D eigenvalue weighted by Crippen LogP contribution is -2.64. The molecule has 3 aliphatic rings. The van der Waals surface area contributed by atoms with E-state index >= 15 is 0 Å². The van der Waals surface area contributed by atoms with Gasteiger partial charge >= 0.3 is 6.09 Å². The largest absolute Gasteiger partial charge is 0.490 e. The third kappa shape index (κ3) is 8.70. The number of benzene rings is 1. The number of piperidine rings is 1. The maximum absolute atomic E-state index is 12.8. The molecule has 4 rings (SSSR count). The number of hydrogen-bond acceptors (Lipinski definition) is 9. The molecule has 3 saturated heterocycles. The summed E-state index contributed by atoms with van der Waals surface area (Å²) in [4.78, 5) is 19.2. The zero-order valence-corrected chi connectivity index (χ0v) is 25.9. The minimum Gasteiger partial charge on any atom is -0.490 e. The van der Waals surface area contributed by atoms with Crippen molar-refractivity contribution in [2.75, 3.05) is 72.8 Å². The summed E-state index contributed by atoms with van der Waals surface area (Å²) in [5, 5.41) is 11.1. The van der Waals surface area contributed by atoms with Crippen LogP contribution in [0.2, 0.25) is 0 Å². The van der Waals surface area contributed by atoms with Gasteiger partial charge in [-0.25, -0.2) is 4.79 Å². The first-order valence-electron chi connectivity index (χ1n) is 15.1. The molecular formula is C31H51N3O7. The van der Waals surface area contributed by atoms with Crippen LogP contribution in [-0.2, 0) is 20.8 Å². The van der Waals surface area contributed by atoms with Crippen molar-refractivity contribution in [3.63, 3.8) is 0 Å². The lowest BCUT2D eigenvalue weighted by atomic mass is 9.77. The molecular weight excluding hydrogens is 526 g/mol. The van der Waals surface area contributed by atoms with Gasteiger partial charge in [0.05, 0.1) is 38.1 Å². The van der Waals surface area contributed by atoms with Crippen molar-refractivity contribution in [1.82, 2.24) is 14.7 Å². The van der Waals surface area contributed by atoms with Crippen LogP contribution in [0.15, 0.2) is 18.2 Å². The Morgan fingerprint density at radius 1 is 1.10 bits per heavy atom. The number of morpholine rings is 1. The van der Waals surface area contributed by atoms with Crippen molar-refractivity contribution in [2.45, 2.75) is 83.3 Å². The lowest BCUT2D eigenvalue weighted by Gasteiger charge is -2.52. The quantitative estimate of drug-likeness (QED) is 0.473. The first-order valence-corrected chi connectivity index (χ1v) is 15.1. The summed E-state index contributed by atoms with van der Waals surface area (Å²) in [6, 6.07) is 5.85. The van der Waals surface area contributed by atoms with Gasteiger partial charge < -0.3 is 33.7 Å². The van der Waals surface area contributed by atoms with E-state index in [2.05, 4.69) is 21.9 Å². The van der Waals surface area contributed by atoms with Gasteiger partial charge in [0.15, 0.2) is 11.5 Å². The fourth-order valence-corrected chi connectivity index (χ4v) is 5.92. The highest BCUT2D eigenvalue weighted by atomic mass is 16.6. The second-order valence-corrected chi connectivity index (χ2v) is 12.9. The van der Waals surface area contributed by atoms with Crippen molar-refractivity contribution in [3.05, 3.63) is 23.8 Å².